The van der Waals surface area contributed by atoms with E-state index in [2.05, 4.69) is 10.6 Å². The second-order valence-corrected chi connectivity index (χ2v) is 4.74. The molecule has 1 aliphatic rings. The third-order valence-electron chi connectivity index (χ3n) is 2.86. The first-order chi connectivity index (χ1) is 8.75. The van der Waals surface area contributed by atoms with Crippen LogP contribution < -0.4 is 15.4 Å². The summed E-state index contributed by atoms with van der Waals surface area (Å²) in [6, 6.07) is 7.34. The van der Waals surface area contributed by atoms with E-state index in [1.54, 1.807) is 12.1 Å². The number of halogens is 1. The Morgan fingerprint density at radius 3 is 3.06 bits per heavy atom. The van der Waals surface area contributed by atoms with Gasteiger partial charge in [-0.25, -0.2) is 0 Å². The molecule has 4 nitrogen and oxygen atoms in total. The predicted octanol–water partition coefficient (Wildman–Crippen LogP) is 1.59. The highest BCUT2D eigenvalue weighted by Crippen LogP contribution is 2.22. The zero-order valence-electron chi connectivity index (χ0n) is 10.1. The quantitative estimate of drug-likeness (QED) is 0.872. The lowest BCUT2D eigenvalue weighted by atomic mass is 10.1. The number of rotatable bonds is 4. The number of carbonyl (C=O) groups excluding carboxylic acids is 1. The van der Waals surface area contributed by atoms with Crippen LogP contribution in [0.3, 0.4) is 0 Å². The Labute approximate surface area is 112 Å². The average molecular weight is 269 g/mol. The van der Waals surface area contributed by atoms with E-state index in [9.17, 15) is 4.79 Å². The van der Waals surface area contributed by atoms with Gasteiger partial charge in [-0.2, -0.15) is 0 Å². The van der Waals surface area contributed by atoms with Crippen LogP contribution in [0.15, 0.2) is 24.3 Å². The summed E-state index contributed by atoms with van der Waals surface area (Å²) < 4.78 is 5.38. The molecule has 1 amide bonds. The second kappa shape index (κ2) is 6.61. The van der Waals surface area contributed by atoms with E-state index in [-0.39, 0.29) is 18.6 Å². The molecule has 1 fully saturated rings. The van der Waals surface area contributed by atoms with E-state index in [4.69, 9.17) is 16.3 Å². The normalized spacial score (nSPS) is 19.3. The number of hydrogen-bond donors (Lipinski definition) is 2. The molecule has 0 aliphatic carbocycles. The Morgan fingerprint density at radius 2 is 2.33 bits per heavy atom. The molecule has 1 aromatic carbocycles. The summed E-state index contributed by atoms with van der Waals surface area (Å²) in [5, 5.41) is 6.70. The molecule has 0 aromatic heterocycles. The first-order valence-corrected chi connectivity index (χ1v) is 6.51. The number of ether oxygens (including phenoxy) is 1. The maximum absolute atomic E-state index is 11.7. The average Bonchev–Trinajstić information content (AvgIpc) is 2.39. The fourth-order valence-electron chi connectivity index (χ4n) is 1.95. The van der Waals surface area contributed by atoms with Crippen LogP contribution in [0.5, 0.6) is 5.75 Å². The fraction of sp³-hybridized carbons (Fsp3) is 0.462. The van der Waals surface area contributed by atoms with Crippen LogP contribution in [0.25, 0.3) is 0 Å². The van der Waals surface area contributed by atoms with Crippen molar-refractivity contribution in [2.75, 3.05) is 19.7 Å². The van der Waals surface area contributed by atoms with E-state index in [0.717, 1.165) is 25.9 Å². The molecule has 1 aromatic rings. The van der Waals surface area contributed by atoms with Crippen molar-refractivity contribution in [3.05, 3.63) is 29.3 Å². The maximum atomic E-state index is 11.7. The molecular formula is C13H17ClN2O2. The van der Waals surface area contributed by atoms with Gasteiger partial charge in [-0.3, -0.25) is 4.79 Å². The molecule has 0 spiro atoms. The lowest BCUT2D eigenvalue weighted by Crippen LogP contribution is -2.47. The number of carbonyl (C=O) groups is 1. The second-order valence-electron chi connectivity index (χ2n) is 4.33. The Kier molecular flexibility index (Phi) is 4.84. The molecule has 0 saturated carbocycles. The van der Waals surface area contributed by atoms with Crippen molar-refractivity contribution in [1.82, 2.24) is 10.6 Å². The Morgan fingerprint density at radius 1 is 1.50 bits per heavy atom. The van der Waals surface area contributed by atoms with Gasteiger partial charge in [0, 0.05) is 12.6 Å². The molecule has 1 heterocycles. The molecule has 18 heavy (non-hydrogen) atoms. The van der Waals surface area contributed by atoms with Crippen LogP contribution in [0.1, 0.15) is 12.8 Å². The third kappa shape index (κ3) is 3.89. The SMILES string of the molecule is O=C(COc1ccccc1Cl)NC1CCCNC1. The van der Waals surface area contributed by atoms with E-state index in [0.29, 0.717) is 10.8 Å². The molecule has 2 rings (SSSR count). The molecule has 98 valence electrons. The molecule has 1 unspecified atom stereocenters. The van der Waals surface area contributed by atoms with Crippen LogP contribution in [0, 0.1) is 0 Å². The van der Waals surface area contributed by atoms with Crippen LogP contribution in [0.4, 0.5) is 0 Å². The summed E-state index contributed by atoms with van der Waals surface area (Å²) in [4.78, 5) is 11.7. The Bertz CT molecular complexity index is 406. The van der Waals surface area contributed by atoms with Gasteiger partial charge in [0.2, 0.25) is 0 Å². The number of para-hydroxylation sites is 1. The number of benzene rings is 1. The van der Waals surface area contributed by atoms with Gasteiger partial charge in [0.1, 0.15) is 5.75 Å². The molecular weight excluding hydrogens is 252 g/mol. The van der Waals surface area contributed by atoms with Crippen LogP contribution in [-0.2, 0) is 4.79 Å². The summed E-state index contributed by atoms with van der Waals surface area (Å²) in [6.45, 7) is 1.86. The van der Waals surface area contributed by atoms with Gasteiger partial charge in [0.25, 0.3) is 5.91 Å². The van der Waals surface area contributed by atoms with Crippen molar-refractivity contribution in [3.8, 4) is 5.75 Å². The summed E-state index contributed by atoms with van der Waals surface area (Å²) in [7, 11) is 0. The van der Waals surface area contributed by atoms with Crippen LogP contribution >= 0.6 is 11.6 Å². The standard InChI is InChI=1S/C13H17ClN2O2/c14-11-5-1-2-6-12(11)18-9-13(17)16-10-4-3-7-15-8-10/h1-2,5-6,10,15H,3-4,7-9H2,(H,16,17). The molecule has 2 N–H and O–H groups in total. The molecule has 1 saturated heterocycles. The highest BCUT2D eigenvalue weighted by atomic mass is 35.5. The van der Waals surface area contributed by atoms with Gasteiger partial charge in [-0.05, 0) is 31.5 Å². The van der Waals surface area contributed by atoms with Crippen molar-refractivity contribution < 1.29 is 9.53 Å². The number of nitrogens with one attached hydrogen (secondary N) is 2. The highest BCUT2D eigenvalue weighted by molar-refractivity contribution is 6.32. The molecule has 1 aliphatic heterocycles. The zero-order valence-corrected chi connectivity index (χ0v) is 10.9. The monoisotopic (exact) mass is 268 g/mol. The van der Waals surface area contributed by atoms with Crippen LogP contribution in [-0.4, -0.2) is 31.6 Å². The largest absolute Gasteiger partial charge is 0.482 e. The van der Waals surface area contributed by atoms with Gasteiger partial charge in [0.15, 0.2) is 6.61 Å². The van der Waals surface area contributed by atoms with Gasteiger partial charge in [-0.15, -0.1) is 0 Å². The van der Waals surface area contributed by atoms with Gasteiger partial charge >= 0.3 is 0 Å². The summed E-state index contributed by atoms with van der Waals surface area (Å²) in [5.41, 5.74) is 0. The van der Waals surface area contributed by atoms with Crippen molar-refractivity contribution in [2.24, 2.45) is 0 Å². The topological polar surface area (TPSA) is 50.4 Å². The Balaban J connectivity index is 1.76. The first-order valence-electron chi connectivity index (χ1n) is 6.13. The maximum Gasteiger partial charge on any atom is 0.258 e. The molecule has 5 heteroatoms. The van der Waals surface area contributed by atoms with E-state index >= 15 is 0 Å². The minimum absolute atomic E-state index is 0.000231. The van der Waals surface area contributed by atoms with Gasteiger partial charge < -0.3 is 15.4 Å². The van der Waals surface area contributed by atoms with Crippen molar-refractivity contribution in [2.45, 2.75) is 18.9 Å². The fourth-order valence-corrected chi connectivity index (χ4v) is 2.14. The first kappa shape index (κ1) is 13.2. The van der Waals surface area contributed by atoms with E-state index in [1.165, 1.54) is 0 Å². The number of amides is 1. The van der Waals surface area contributed by atoms with Crippen molar-refractivity contribution in [1.29, 1.82) is 0 Å². The smallest absolute Gasteiger partial charge is 0.258 e. The summed E-state index contributed by atoms with van der Waals surface area (Å²) in [5.74, 6) is 0.430. The predicted molar refractivity (Wildman–Crippen MR) is 71.0 cm³/mol. The zero-order chi connectivity index (χ0) is 12.8. The van der Waals surface area contributed by atoms with Gasteiger partial charge in [-0.1, -0.05) is 23.7 Å². The van der Waals surface area contributed by atoms with E-state index in [1.807, 2.05) is 12.1 Å². The molecule has 0 bridgehead atoms. The van der Waals surface area contributed by atoms with Crippen molar-refractivity contribution in [3.63, 3.8) is 0 Å². The minimum Gasteiger partial charge on any atom is -0.482 e. The van der Waals surface area contributed by atoms with Crippen molar-refractivity contribution >= 4 is 17.5 Å². The molecule has 1 atom stereocenters. The lowest BCUT2D eigenvalue weighted by Gasteiger charge is -2.23. The molecule has 0 radical (unpaired) electrons. The van der Waals surface area contributed by atoms with Crippen LogP contribution in [0.2, 0.25) is 5.02 Å². The number of piperidine rings is 1. The number of hydrogen-bond acceptors (Lipinski definition) is 3. The van der Waals surface area contributed by atoms with E-state index < -0.39 is 0 Å². The lowest BCUT2D eigenvalue weighted by molar-refractivity contribution is -0.123. The Hall–Kier alpha value is -1.26. The highest BCUT2D eigenvalue weighted by Gasteiger charge is 2.15. The summed E-state index contributed by atoms with van der Waals surface area (Å²) in [6.07, 6.45) is 2.11. The van der Waals surface area contributed by atoms with Gasteiger partial charge in [0.05, 0.1) is 5.02 Å². The minimum atomic E-state index is -0.108. The summed E-state index contributed by atoms with van der Waals surface area (Å²) >= 11 is 5.93. The third-order valence-corrected chi connectivity index (χ3v) is 3.17.